The molecule has 0 spiro atoms. The topological polar surface area (TPSA) is 57.6 Å². The van der Waals surface area contributed by atoms with Gasteiger partial charge in [-0.05, 0) is 36.8 Å². The Morgan fingerprint density at radius 3 is 2.50 bits per heavy atom. The van der Waals surface area contributed by atoms with Gasteiger partial charge < -0.3 is 10.0 Å². The van der Waals surface area contributed by atoms with Gasteiger partial charge in [0.15, 0.2) is 0 Å². The molecule has 1 aliphatic rings. The van der Waals surface area contributed by atoms with Crippen LogP contribution in [-0.2, 0) is 16.0 Å². The molecule has 1 fully saturated rings. The zero-order valence-corrected chi connectivity index (χ0v) is 11.8. The standard InChI is InChI=1S/C16H21NO3/c1-12-4-2-3-5-14(12)11-15(18)17-8-6-13(7-9-17)10-16(19)20/h2-5,13H,6-11H2,1H3,(H,19,20). The number of nitrogens with zero attached hydrogens (tertiary/aromatic N) is 1. The van der Waals surface area contributed by atoms with Gasteiger partial charge in [-0.15, -0.1) is 0 Å². The molecule has 0 saturated carbocycles. The van der Waals surface area contributed by atoms with Gasteiger partial charge in [0, 0.05) is 19.5 Å². The van der Waals surface area contributed by atoms with Gasteiger partial charge in [-0.2, -0.15) is 0 Å². The number of hydrogen-bond donors (Lipinski definition) is 1. The fourth-order valence-electron chi connectivity index (χ4n) is 2.72. The van der Waals surface area contributed by atoms with Gasteiger partial charge in [-0.3, -0.25) is 9.59 Å². The minimum Gasteiger partial charge on any atom is -0.481 e. The Labute approximate surface area is 119 Å². The van der Waals surface area contributed by atoms with Crippen LogP contribution in [0.15, 0.2) is 24.3 Å². The van der Waals surface area contributed by atoms with Crippen molar-refractivity contribution in [2.75, 3.05) is 13.1 Å². The van der Waals surface area contributed by atoms with Crippen LogP contribution in [0.25, 0.3) is 0 Å². The Morgan fingerprint density at radius 2 is 1.90 bits per heavy atom. The molecule has 1 saturated heterocycles. The van der Waals surface area contributed by atoms with Gasteiger partial charge in [0.05, 0.1) is 6.42 Å². The molecule has 0 aliphatic carbocycles. The van der Waals surface area contributed by atoms with E-state index in [4.69, 9.17) is 5.11 Å². The monoisotopic (exact) mass is 275 g/mol. The van der Waals surface area contributed by atoms with E-state index in [-0.39, 0.29) is 18.2 Å². The number of carboxylic acid groups (broad SMARTS) is 1. The summed E-state index contributed by atoms with van der Waals surface area (Å²) in [5.74, 6) is -0.377. The fourth-order valence-corrected chi connectivity index (χ4v) is 2.72. The van der Waals surface area contributed by atoms with E-state index >= 15 is 0 Å². The maximum Gasteiger partial charge on any atom is 0.303 e. The zero-order chi connectivity index (χ0) is 14.5. The first-order valence-corrected chi connectivity index (χ1v) is 7.10. The summed E-state index contributed by atoms with van der Waals surface area (Å²) in [6.07, 6.45) is 2.26. The van der Waals surface area contributed by atoms with E-state index in [9.17, 15) is 9.59 Å². The summed E-state index contributed by atoms with van der Waals surface area (Å²) >= 11 is 0. The number of benzene rings is 1. The summed E-state index contributed by atoms with van der Waals surface area (Å²) in [5, 5.41) is 8.79. The van der Waals surface area contributed by atoms with Crippen LogP contribution in [0, 0.1) is 12.8 Å². The van der Waals surface area contributed by atoms with E-state index in [1.165, 1.54) is 0 Å². The summed E-state index contributed by atoms with van der Waals surface area (Å²) in [7, 11) is 0. The predicted octanol–water partition coefficient (Wildman–Crippen LogP) is 2.25. The van der Waals surface area contributed by atoms with Crippen molar-refractivity contribution in [2.45, 2.75) is 32.6 Å². The van der Waals surface area contributed by atoms with E-state index in [1.807, 2.05) is 36.1 Å². The highest BCUT2D eigenvalue weighted by Gasteiger charge is 2.24. The lowest BCUT2D eigenvalue weighted by Crippen LogP contribution is -2.39. The van der Waals surface area contributed by atoms with Gasteiger partial charge in [0.25, 0.3) is 0 Å². The fraction of sp³-hybridized carbons (Fsp3) is 0.500. The van der Waals surface area contributed by atoms with Crippen LogP contribution in [-0.4, -0.2) is 35.0 Å². The van der Waals surface area contributed by atoms with Crippen LogP contribution < -0.4 is 0 Å². The molecule has 1 amide bonds. The number of likely N-dealkylation sites (tertiary alicyclic amines) is 1. The Hall–Kier alpha value is -1.84. The molecule has 1 aromatic carbocycles. The van der Waals surface area contributed by atoms with E-state index < -0.39 is 5.97 Å². The molecule has 0 aromatic heterocycles. The van der Waals surface area contributed by atoms with Crippen molar-refractivity contribution in [1.29, 1.82) is 0 Å². The zero-order valence-electron chi connectivity index (χ0n) is 11.8. The normalized spacial score (nSPS) is 16.1. The number of aryl methyl sites for hydroxylation is 1. The lowest BCUT2D eigenvalue weighted by Gasteiger charge is -2.31. The summed E-state index contributed by atoms with van der Waals surface area (Å²) in [5.41, 5.74) is 2.21. The number of amides is 1. The number of carbonyl (C=O) groups is 2. The second kappa shape index (κ2) is 6.55. The first kappa shape index (κ1) is 14.6. The number of hydrogen-bond acceptors (Lipinski definition) is 2. The third kappa shape index (κ3) is 3.83. The second-order valence-electron chi connectivity index (χ2n) is 5.53. The van der Waals surface area contributed by atoms with Crippen LogP contribution in [0.3, 0.4) is 0 Å². The van der Waals surface area contributed by atoms with Crippen molar-refractivity contribution in [2.24, 2.45) is 5.92 Å². The molecule has 1 aliphatic heterocycles. The molecule has 2 rings (SSSR count). The lowest BCUT2D eigenvalue weighted by molar-refractivity contribution is -0.138. The maximum absolute atomic E-state index is 12.3. The molecule has 108 valence electrons. The molecule has 0 atom stereocenters. The first-order chi connectivity index (χ1) is 9.56. The van der Waals surface area contributed by atoms with Crippen LogP contribution in [0.1, 0.15) is 30.4 Å². The third-order valence-electron chi connectivity index (χ3n) is 4.03. The minimum atomic E-state index is -0.741. The number of carbonyl (C=O) groups excluding carboxylic acids is 1. The van der Waals surface area contributed by atoms with Gasteiger partial charge in [-0.1, -0.05) is 24.3 Å². The molecule has 1 aromatic rings. The van der Waals surface area contributed by atoms with Crippen molar-refractivity contribution in [3.05, 3.63) is 35.4 Å². The highest BCUT2D eigenvalue weighted by molar-refractivity contribution is 5.79. The number of carboxylic acids is 1. The van der Waals surface area contributed by atoms with Crippen molar-refractivity contribution < 1.29 is 14.7 Å². The van der Waals surface area contributed by atoms with Crippen LogP contribution in [0.4, 0.5) is 0 Å². The Balaban J connectivity index is 1.86. The molecule has 0 bridgehead atoms. The predicted molar refractivity (Wildman–Crippen MR) is 76.4 cm³/mol. The Morgan fingerprint density at radius 1 is 1.25 bits per heavy atom. The van der Waals surface area contributed by atoms with E-state index in [0.29, 0.717) is 19.5 Å². The highest BCUT2D eigenvalue weighted by atomic mass is 16.4. The Bertz CT molecular complexity index is 490. The maximum atomic E-state index is 12.3. The van der Waals surface area contributed by atoms with Gasteiger partial charge in [0.2, 0.25) is 5.91 Å². The highest BCUT2D eigenvalue weighted by Crippen LogP contribution is 2.21. The number of piperidine rings is 1. The molecule has 20 heavy (non-hydrogen) atoms. The quantitative estimate of drug-likeness (QED) is 0.917. The first-order valence-electron chi connectivity index (χ1n) is 7.10. The third-order valence-corrected chi connectivity index (χ3v) is 4.03. The van der Waals surface area contributed by atoms with Crippen LogP contribution in [0.2, 0.25) is 0 Å². The van der Waals surface area contributed by atoms with E-state index in [1.54, 1.807) is 0 Å². The summed E-state index contributed by atoms with van der Waals surface area (Å²) < 4.78 is 0. The average molecular weight is 275 g/mol. The van der Waals surface area contributed by atoms with Crippen LogP contribution >= 0.6 is 0 Å². The summed E-state index contributed by atoms with van der Waals surface area (Å²) in [4.78, 5) is 24.8. The minimum absolute atomic E-state index is 0.146. The molecule has 0 unspecified atom stereocenters. The Kier molecular flexibility index (Phi) is 4.77. The molecule has 1 N–H and O–H groups in total. The van der Waals surface area contributed by atoms with E-state index in [2.05, 4.69) is 0 Å². The van der Waals surface area contributed by atoms with E-state index in [0.717, 1.165) is 24.0 Å². The van der Waals surface area contributed by atoms with Crippen molar-refractivity contribution in [1.82, 2.24) is 4.90 Å². The lowest BCUT2D eigenvalue weighted by atomic mass is 9.93. The second-order valence-corrected chi connectivity index (χ2v) is 5.53. The van der Waals surface area contributed by atoms with Gasteiger partial charge >= 0.3 is 5.97 Å². The number of aliphatic carboxylic acids is 1. The largest absolute Gasteiger partial charge is 0.481 e. The van der Waals surface area contributed by atoms with Crippen molar-refractivity contribution in [3.63, 3.8) is 0 Å². The van der Waals surface area contributed by atoms with Gasteiger partial charge in [0.1, 0.15) is 0 Å². The molecular weight excluding hydrogens is 254 g/mol. The summed E-state index contributed by atoms with van der Waals surface area (Å²) in [6, 6.07) is 7.93. The van der Waals surface area contributed by atoms with Crippen molar-refractivity contribution >= 4 is 11.9 Å². The molecule has 0 radical (unpaired) electrons. The molecule has 4 nitrogen and oxygen atoms in total. The van der Waals surface area contributed by atoms with Gasteiger partial charge in [-0.25, -0.2) is 0 Å². The SMILES string of the molecule is Cc1ccccc1CC(=O)N1CCC(CC(=O)O)CC1. The smallest absolute Gasteiger partial charge is 0.303 e. The van der Waals surface area contributed by atoms with Crippen LogP contribution in [0.5, 0.6) is 0 Å². The average Bonchev–Trinajstić information content (AvgIpc) is 2.41. The molecule has 1 heterocycles. The summed E-state index contributed by atoms with van der Waals surface area (Å²) in [6.45, 7) is 3.38. The van der Waals surface area contributed by atoms with Crippen molar-refractivity contribution in [3.8, 4) is 0 Å². The molecule has 4 heteroatoms. The number of rotatable bonds is 4. The molecular formula is C16H21NO3.